The third-order valence-corrected chi connectivity index (χ3v) is 2.31. The van der Waals surface area contributed by atoms with E-state index in [0.29, 0.717) is 6.61 Å². The number of aromatic amines is 1. The van der Waals surface area contributed by atoms with E-state index in [1.807, 2.05) is 19.1 Å². The predicted molar refractivity (Wildman–Crippen MR) is 56.3 cm³/mol. The third-order valence-electron chi connectivity index (χ3n) is 2.31. The van der Waals surface area contributed by atoms with Gasteiger partial charge in [0, 0.05) is 29.8 Å². The van der Waals surface area contributed by atoms with Crippen LogP contribution in [0, 0.1) is 6.92 Å². The van der Waals surface area contributed by atoms with Crippen molar-refractivity contribution in [2.45, 2.75) is 20.5 Å². The first-order valence-electron chi connectivity index (χ1n) is 4.74. The predicted octanol–water partition coefficient (Wildman–Crippen LogP) is 1.93. The topological polar surface area (TPSA) is 55.0 Å². The standard InChI is InChI=1S/C11H12N2O2/c1-7-10(6-15-8(2)14)9-4-3-5-12-11(9)13-7/h3-5H,6H2,1-2H3,(H,12,13). The second kappa shape index (κ2) is 3.73. The summed E-state index contributed by atoms with van der Waals surface area (Å²) in [6.07, 6.45) is 1.73. The Hall–Kier alpha value is -1.84. The SMILES string of the molecule is CC(=O)OCc1c(C)[nH]c2ncccc12. The minimum absolute atomic E-state index is 0.271. The van der Waals surface area contributed by atoms with Crippen LogP contribution in [0.2, 0.25) is 0 Å². The number of fused-ring (bicyclic) bond motifs is 1. The van der Waals surface area contributed by atoms with Crippen LogP contribution in [0.15, 0.2) is 18.3 Å². The fourth-order valence-electron chi connectivity index (χ4n) is 1.56. The Morgan fingerprint density at radius 1 is 1.60 bits per heavy atom. The molecule has 0 saturated carbocycles. The molecule has 0 fully saturated rings. The van der Waals surface area contributed by atoms with Crippen LogP contribution in [-0.4, -0.2) is 15.9 Å². The average Bonchev–Trinajstić information content (AvgIpc) is 2.50. The Morgan fingerprint density at radius 3 is 3.13 bits per heavy atom. The van der Waals surface area contributed by atoms with E-state index in [-0.39, 0.29) is 5.97 Å². The minimum Gasteiger partial charge on any atom is -0.461 e. The van der Waals surface area contributed by atoms with E-state index in [4.69, 9.17) is 4.74 Å². The van der Waals surface area contributed by atoms with Gasteiger partial charge >= 0.3 is 5.97 Å². The van der Waals surface area contributed by atoms with Crippen molar-refractivity contribution < 1.29 is 9.53 Å². The van der Waals surface area contributed by atoms with Gasteiger partial charge in [0.15, 0.2) is 0 Å². The molecule has 4 heteroatoms. The summed E-state index contributed by atoms with van der Waals surface area (Å²) in [4.78, 5) is 18.1. The van der Waals surface area contributed by atoms with Gasteiger partial charge in [-0.2, -0.15) is 0 Å². The number of pyridine rings is 1. The van der Waals surface area contributed by atoms with Gasteiger partial charge in [-0.15, -0.1) is 0 Å². The molecule has 0 aliphatic rings. The number of nitrogens with one attached hydrogen (secondary N) is 1. The molecule has 1 N–H and O–H groups in total. The Balaban J connectivity index is 2.40. The quantitative estimate of drug-likeness (QED) is 0.760. The van der Waals surface area contributed by atoms with Gasteiger partial charge < -0.3 is 9.72 Å². The molecule has 0 unspecified atom stereocenters. The Bertz CT molecular complexity index is 502. The highest BCUT2D eigenvalue weighted by molar-refractivity contribution is 5.81. The molecule has 0 aliphatic carbocycles. The van der Waals surface area contributed by atoms with Gasteiger partial charge in [0.25, 0.3) is 0 Å². The lowest BCUT2D eigenvalue weighted by Crippen LogP contribution is -1.99. The number of H-pyrrole nitrogens is 1. The maximum atomic E-state index is 10.7. The van der Waals surface area contributed by atoms with E-state index in [1.165, 1.54) is 6.92 Å². The van der Waals surface area contributed by atoms with E-state index in [0.717, 1.165) is 22.3 Å². The zero-order valence-corrected chi connectivity index (χ0v) is 8.70. The normalized spacial score (nSPS) is 10.5. The molecule has 4 nitrogen and oxygen atoms in total. The molecule has 2 aromatic heterocycles. The van der Waals surface area contributed by atoms with Crippen molar-refractivity contribution in [3.05, 3.63) is 29.6 Å². The molecule has 78 valence electrons. The average molecular weight is 204 g/mol. The van der Waals surface area contributed by atoms with Crippen molar-refractivity contribution in [3.8, 4) is 0 Å². The van der Waals surface area contributed by atoms with E-state index >= 15 is 0 Å². The summed E-state index contributed by atoms with van der Waals surface area (Å²) < 4.78 is 4.99. The van der Waals surface area contributed by atoms with E-state index in [1.54, 1.807) is 6.20 Å². The van der Waals surface area contributed by atoms with Gasteiger partial charge in [0.2, 0.25) is 0 Å². The number of esters is 1. The molecule has 0 bridgehead atoms. The number of hydrogen-bond acceptors (Lipinski definition) is 3. The molecular weight excluding hydrogens is 192 g/mol. The van der Waals surface area contributed by atoms with Crippen molar-refractivity contribution >= 4 is 17.0 Å². The summed E-state index contributed by atoms with van der Waals surface area (Å²) in [6, 6.07) is 3.83. The van der Waals surface area contributed by atoms with Crippen molar-refractivity contribution in [3.63, 3.8) is 0 Å². The van der Waals surface area contributed by atoms with E-state index in [2.05, 4.69) is 9.97 Å². The fraction of sp³-hybridized carbons (Fsp3) is 0.273. The van der Waals surface area contributed by atoms with Crippen molar-refractivity contribution in [2.75, 3.05) is 0 Å². The first-order chi connectivity index (χ1) is 7.18. The van der Waals surface area contributed by atoms with Crippen LogP contribution in [0.5, 0.6) is 0 Å². The number of carbonyl (C=O) groups excluding carboxylic acids is 1. The van der Waals surface area contributed by atoms with Crippen LogP contribution in [0.1, 0.15) is 18.2 Å². The van der Waals surface area contributed by atoms with Gasteiger partial charge in [0.1, 0.15) is 12.3 Å². The van der Waals surface area contributed by atoms with Crippen molar-refractivity contribution in [2.24, 2.45) is 0 Å². The number of carbonyl (C=O) groups is 1. The molecule has 0 aliphatic heterocycles. The first-order valence-corrected chi connectivity index (χ1v) is 4.74. The maximum Gasteiger partial charge on any atom is 0.302 e. The monoisotopic (exact) mass is 204 g/mol. The third kappa shape index (κ3) is 1.83. The summed E-state index contributed by atoms with van der Waals surface area (Å²) >= 11 is 0. The zero-order valence-electron chi connectivity index (χ0n) is 8.70. The lowest BCUT2D eigenvalue weighted by molar-refractivity contribution is -0.142. The van der Waals surface area contributed by atoms with Crippen LogP contribution in [0.4, 0.5) is 0 Å². The van der Waals surface area contributed by atoms with Crippen molar-refractivity contribution in [1.29, 1.82) is 0 Å². The number of aryl methyl sites for hydroxylation is 1. The summed E-state index contributed by atoms with van der Waals surface area (Å²) in [7, 11) is 0. The largest absolute Gasteiger partial charge is 0.461 e. The van der Waals surface area contributed by atoms with Gasteiger partial charge in [0.05, 0.1) is 0 Å². The molecular formula is C11H12N2O2. The van der Waals surface area contributed by atoms with E-state index < -0.39 is 0 Å². The molecule has 0 spiro atoms. The van der Waals surface area contributed by atoms with Gasteiger partial charge in [-0.25, -0.2) is 4.98 Å². The molecule has 0 amide bonds. The number of aromatic nitrogens is 2. The molecule has 0 saturated heterocycles. The molecule has 2 aromatic rings. The molecule has 2 rings (SSSR count). The summed E-state index contributed by atoms with van der Waals surface area (Å²) in [6.45, 7) is 3.65. The molecule has 0 atom stereocenters. The lowest BCUT2D eigenvalue weighted by atomic mass is 10.2. The molecule has 0 radical (unpaired) electrons. The summed E-state index contributed by atoms with van der Waals surface area (Å²) in [5.74, 6) is -0.271. The van der Waals surface area contributed by atoms with Crippen LogP contribution in [0.25, 0.3) is 11.0 Å². The highest BCUT2D eigenvalue weighted by Crippen LogP contribution is 2.20. The molecule has 15 heavy (non-hydrogen) atoms. The minimum atomic E-state index is -0.271. The van der Waals surface area contributed by atoms with Crippen LogP contribution in [-0.2, 0) is 16.1 Å². The maximum absolute atomic E-state index is 10.7. The fourth-order valence-corrected chi connectivity index (χ4v) is 1.56. The van der Waals surface area contributed by atoms with Crippen LogP contribution < -0.4 is 0 Å². The van der Waals surface area contributed by atoms with Gasteiger partial charge in [-0.05, 0) is 19.1 Å². The lowest BCUT2D eigenvalue weighted by Gasteiger charge is -2.01. The summed E-state index contributed by atoms with van der Waals surface area (Å²) in [5, 5.41) is 1.01. The van der Waals surface area contributed by atoms with Gasteiger partial charge in [-0.3, -0.25) is 4.79 Å². The zero-order chi connectivity index (χ0) is 10.8. The second-order valence-electron chi connectivity index (χ2n) is 3.41. The van der Waals surface area contributed by atoms with E-state index in [9.17, 15) is 4.79 Å². The first kappa shape index (κ1) is 9.71. The Kier molecular flexibility index (Phi) is 2.41. The highest BCUT2D eigenvalue weighted by Gasteiger charge is 2.09. The molecule has 0 aromatic carbocycles. The number of hydrogen-bond donors (Lipinski definition) is 1. The summed E-state index contributed by atoms with van der Waals surface area (Å²) in [5.41, 5.74) is 2.82. The molecule has 2 heterocycles. The number of nitrogens with zero attached hydrogens (tertiary/aromatic N) is 1. The van der Waals surface area contributed by atoms with Gasteiger partial charge in [-0.1, -0.05) is 0 Å². The Morgan fingerprint density at radius 2 is 2.40 bits per heavy atom. The van der Waals surface area contributed by atoms with Crippen molar-refractivity contribution in [1.82, 2.24) is 9.97 Å². The second-order valence-corrected chi connectivity index (χ2v) is 3.41. The smallest absolute Gasteiger partial charge is 0.302 e. The highest BCUT2D eigenvalue weighted by atomic mass is 16.5. The Labute approximate surface area is 87.3 Å². The van der Waals surface area contributed by atoms with Crippen LogP contribution >= 0.6 is 0 Å². The number of rotatable bonds is 2. The number of ether oxygens (including phenoxy) is 1. The van der Waals surface area contributed by atoms with Crippen LogP contribution in [0.3, 0.4) is 0 Å².